The number of likely N-dealkylation sites (tertiary alicyclic amines) is 1. The van der Waals surface area contributed by atoms with E-state index in [1.54, 1.807) is 12.2 Å². The Balaban J connectivity index is 1.64. The van der Waals surface area contributed by atoms with Crippen LogP contribution in [0.4, 0.5) is 5.69 Å². The van der Waals surface area contributed by atoms with E-state index in [1.807, 2.05) is 41.3 Å². The summed E-state index contributed by atoms with van der Waals surface area (Å²) in [5, 5.41) is 0. The Hall–Kier alpha value is -2.49. The lowest BCUT2D eigenvalue weighted by Crippen LogP contribution is -2.36. The van der Waals surface area contributed by atoms with E-state index in [1.165, 1.54) is 0 Å². The second-order valence-corrected chi connectivity index (χ2v) is 6.17. The van der Waals surface area contributed by atoms with Crippen LogP contribution in [-0.4, -0.2) is 23.9 Å². The summed E-state index contributed by atoms with van der Waals surface area (Å²) in [6, 6.07) is 11.3. The number of hydrogen-bond donors (Lipinski definition) is 1. The molecule has 1 aliphatic rings. The van der Waals surface area contributed by atoms with Gasteiger partial charge in [-0.1, -0.05) is 6.92 Å². The molecule has 2 aromatic rings. The molecule has 2 N–H and O–H groups in total. The van der Waals surface area contributed by atoms with Gasteiger partial charge in [0.15, 0.2) is 0 Å². The molecular weight excluding hydrogens is 288 g/mol. The predicted molar refractivity (Wildman–Crippen MR) is 92.6 cm³/mol. The van der Waals surface area contributed by atoms with Gasteiger partial charge in [-0.15, -0.1) is 0 Å². The Morgan fingerprint density at radius 3 is 2.57 bits per heavy atom. The number of benzene rings is 1. The highest BCUT2D eigenvalue weighted by molar-refractivity contribution is 5.91. The second-order valence-electron chi connectivity index (χ2n) is 6.17. The SMILES string of the molecule is CC1CCN(C(=O)/C=C/c2ccc(-c3ccc(N)cc3)o2)CC1. The molecule has 1 aliphatic heterocycles. The van der Waals surface area contributed by atoms with E-state index in [4.69, 9.17) is 10.2 Å². The van der Waals surface area contributed by atoms with Crippen molar-refractivity contribution in [3.63, 3.8) is 0 Å². The summed E-state index contributed by atoms with van der Waals surface area (Å²) in [5.41, 5.74) is 7.38. The number of furan rings is 1. The molecular formula is C19H22N2O2. The molecule has 4 nitrogen and oxygen atoms in total. The number of piperidine rings is 1. The maximum atomic E-state index is 12.2. The van der Waals surface area contributed by atoms with E-state index in [0.29, 0.717) is 5.76 Å². The van der Waals surface area contributed by atoms with Crippen LogP contribution in [-0.2, 0) is 4.79 Å². The molecule has 1 amide bonds. The third-order valence-electron chi connectivity index (χ3n) is 4.31. The first-order valence-corrected chi connectivity index (χ1v) is 8.04. The van der Waals surface area contributed by atoms with E-state index in [-0.39, 0.29) is 5.91 Å². The number of hydrogen-bond acceptors (Lipinski definition) is 3. The lowest BCUT2D eigenvalue weighted by atomic mass is 9.99. The number of nitrogens with two attached hydrogens (primary N) is 1. The summed E-state index contributed by atoms with van der Waals surface area (Å²) < 4.78 is 5.77. The molecule has 0 radical (unpaired) electrons. The quantitative estimate of drug-likeness (QED) is 0.693. The Morgan fingerprint density at radius 1 is 1.17 bits per heavy atom. The van der Waals surface area contributed by atoms with E-state index < -0.39 is 0 Å². The Labute approximate surface area is 136 Å². The summed E-state index contributed by atoms with van der Waals surface area (Å²) in [5.74, 6) is 2.22. The highest BCUT2D eigenvalue weighted by Gasteiger charge is 2.18. The third-order valence-corrected chi connectivity index (χ3v) is 4.31. The van der Waals surface area contributed by atoms with Gasteiger partial charge in [0, 0.05) is 30.4 Å². The molecule has 2 heterocycles. The maximum Gasteiger partial charge on any atom is 0.246 e. The molecule has 1 saturated heterocycles. The first-order valence-electron chi connectivity index (χ1n) is 8.04. The molecule has 1 aromatic heterocycles. The lowest BCUT2D eigenvalue weighted by molar-refractivity contribution is -0.127. The normalized spacial score (nSPS) is 16.1. The standard InChI is InChI=1S/C19H22N2O2/c1-14-10-12-21(13-11-14)19(22)9-7-17-6-8-18(23-17)15-2-4-16(20)5-3-15/h2-9,14H,10-13,20H2,1H3/b9-7+. The molecule has 4 heteroatoms. The van der Waals surface area contributed by atoms with Crippen LogP contribution >= 0.6 is 0 Å². The number of carbonyl (C=O) groups excluding carboxylic acids is 1. The van der Waals surface area contributed by atoms with Crippen LogP contribution in [0.15, 0.2) is 46.9 Å². The number of rotatable bonds is 3. The second kappa shape index (κ2) is 6.73. The van der Waals surface area contributed by atoms with Crippen LogP contribution in [0.1, 0.15) is 25.5 Å². The summed E-state index contributed by atoms with van der Waals surface area (Å²) in [6.07, 6.45) is 5.51. The molecule has 120 valence electrons. The van der Waals surface area contributed by atoms with Gasteiger partial charge in [-0.3, -0.25) is 4.79 Å². The molecule has 0 atom stereocenters. The zero-order chi connectivity index (χ0) is 16.2. The fourth-order valence-corrected chi connectivity index (χ4v) is 2.73. The van der Waals surface area contributed by atoms with Crippen molar-refractivity contribution < 1.29 is 9.21 Å². The van der Waals surface area contributed by atoms with Crippen molar-refractivity contribution in [3.05, 3.63) is 48.2 Å². The van der Waals surface area contributed by atoms with E-state index in [0.717, 1.165) is 48.9 Å². The van der Waals surface area contributed by atoms with Crippen molar-refractivity contribution in [1.82, 2.24) is 4.90 Å². The Kier molecular flexibility index (Phi) is 4.51. The van der Waals surface area contributed by atoms with Crippen molar-refractivity contribution in [3.8, 4) is 11.3 Å². The van der Waals surface area contributed by atoms with Gasteiger partial charge >= 0.3 is 0 Å². The van der Waals surface area contributed by atoms with Crippen LogP contribution in [0, 0.1) is 5.92 Å². The highest BCUT2D eigenvalue weighted by Crippen LogP contribution is 2.24. The zero-order valence-corrected chi connectivity index (χ0v) is 13.4. The minimum atomic E-state index is 0.0577. The Morgan fingerprint density at radius 2 is 1.87 bits per heavy atom. The van der Waals surface area contributed by atoms with Crippen molar-refractivity contribution in [1.29, 1.82) is 0 Å². The molecule has 0 unspecified atom stereocenters. The van der Waals surface area contributed by atoms with Crippen LogP contribution in [0.3, 0.4) is 0 Å². The molecule has 0 bridgehead atoms. The van der Waals surface area contributed by atoms with Crippen molar-refractivity contribution >= 4 is 17.7 Å². The summed E-state index contributed by atoms with van der Waals surface area (Å²) in [6.45, 7) is 3.93. The molecule has 0 saturated carbocycles. The maximum absolute atomic E-state index is 12.2. The monoisotopic (exact) mass is 310 g/mol. The molecule has 0 aliphatic carbocycles. The average molecular weight is 310 g/mol. The van der Waals surface area contributed by atoms with Crippen LogP contribution in [0.25, 0.3) is 17.4 Å². The fraction of sp³-hybridized carbons (Fsp3) is 0.316. The van der Waals surface area contributed by atoms with Crippen LogP contribution in [0.5, 0.6) is 0 Å². The number of nitrogens with zero attached hydrogens (tertiary/aromatic N) is 1. The summed E-state index contributed by atoms with van der Waals surface area (Å²) in [7, 11) is 0. The number of nitrogen functional groups attached to an aromatic ring is 1. The largest absolute Gasteiger partial charge is 0.457 e. The predicted octanol–water partition coefficient (Wildman–Crippen LogP) is 3.80. The summed E-state index contributed by atoms with van der Waals surface area (Å²) in [4.78, 5) is 14.1. The minimum absolute atomic E-state index is 0.0577. The van der Waals surface area contributed by atoms with Gasteiger partial charge in [0.2, 0.25) is 5.91 Å². The van der Waals surface area contributed by atoms with Crippen LogP contribution in [0.2, 0.25) is 0 Å². The molecule has 1 fully saturated rings. The first kappa shape index (κ1) is 15.4. The lowest BCUT2D eigenvalue weighted by Gasteiger charge is -2.29. The first-order chi connectivity index (χ1) is 11.1. The van der Waals surface area contributed by atoms with Gasteiger partial charge in [-0.25, -0.2) is 0 Å². The van der Waals surface area contributed by atoms with E-state index >= 15 is 0 Å². The molecule has 3 rings (SSSR count). The van der Waals surface area contributed by atoms with Gasteiger partial charge in [-0.05, 0) is 61.2 Å². The smallest absolute Gasteiger partial charge is 0.246 e. The van der Waals surface area contributed by atoms with Crippen molar-refractivity contribution in [2.45, 2.75) is 19.8 Å². The minimum Gasteiger partial charge on any atom is -0.457 e. The average Bonchev–Trinajstić information content (AvgIpc) is 3.03. The van der Waals surface area contributed by atoms with E-state index in [9.17, 15) is 4.79 Å². The topological polar surface area (TPSA) is 59.5 Å². The number of carbonyl (C=O) groups is 1. The van der Waals surface area contributed by atoms with E-state index in [2.05, 4.69) is 6.92 Å². The number of anilines is 1. The van der Waals surface area contributed by atoms with Gasteiger partial charge in [0.1, 0.15) is 11.5 Å². The molecule has 23 heavy (non-hydrogen) atoms. The summed E-state index contributed by atoms with van der Waals surface area (Å²) >= 11 is 0. The van der Waals surface area contributed by atoms with Gasteiger partial charge in [0.25, 0.3) is 0 Å². The Bertz CT molecular complexity index is 692. The highest BCUT2D eigenvalue weighted by atomic mass is 16.3. The zero-order valence-electron chi connectivity index (χ0n) is 13.4. The van der Waals surface area contributed by atoms with Crippen molar-refractivity contribution in [2.75, 3.05) is 18.8 Å². The number of amides is 1. The van der Waals surface area contributed by atoms with Gasteiger partial charge < -0.3 is 15.1 Å². The van der Waals surface area contributed by atoms with Gasteiger partial charge in [0.05, 0.1) is 0 Å². The van der Waals surface area contributed by atoms with Crippen LogP contribution < -0.4 is 5.73 Å². The third kappa shape index (κ3) is 3.83. The van der Waals surface area contributed by atoms with Gasteiger partial charge in [-0.2, -0.15) is 0 Å². The fourth-order valence-electron chi connectivity index (χ4n) is 2.73. The van der Waals surface area contributed by atoms with Crippen molar-refractivity contribution in [2.24, 2.45) is 5.92 Å². The molecule has 1 aromatic carbocycles. The molecule has 0 spiro atoms.